The summed E-state index contributed by atoms with van der Waals surface area (Å²) in [5.74, 6) is -1.06. The van der Waals surface area contributed by atoms with Gasteiger partial charge in [-0.1, -0.05) is 18.2 Å². The molecule has 0 saturated heterocycles. The lowest BCUT2D eigenvalue weighted by molar-refractivity contribution is 0.0597. The number of aromatic nitrogens is 1. The average molecular weight is 325 g/mol. The number of fused-ring (bicyclic) bond motifs is 1. The fourth-order valence-electron chi connectivity index (χ4n) is 2.64. The van der Waals surface area contributed by atoms with Crippen LogP contribution in [-0.4, -0.2) is 23.2 Å². The standard InChI is InChI=1S/C19H16FNO3/c1-11-14(9-12-3-6-15(20)7-4-12)10-13-5-8-16(19(23)24-2)18(22)17(13)21-11/h3-8,10,22H,9H2,1-2H3. The summed E-state index contributed by atoms with van der Waals surface area (Å²) in [5.41, 5.74) is 3.13. The third-order valence-electron chi connectivity index (χ3n) is 3.97. The second-order valence-electron chi connectivity index (χ2n) is 5.56. The lowest BCUT2D eigenvalue weighted by atomic mass is 10.0. The van der Waals surface area contributed by atoms with Gasteiger partial charge < -0.3 is 9.84 Å². The van der Waals surface area contributed by atoms with Gasteiger partial charge in [-0.3, -0.25) is 0 Å². The normalized spacial score (nSPS) is 10.8. The second kappa shape index (κ2) is 6.28. The molecule has 5 heteroatoms. The SMILES string of the molecule is COC(=O)c1ccc2cc(Cc3ccc(F)cc3)c(C)nc2c1O. The highest BCUT2D eigenvalue weighted by Crippen LogP contribution is 2.29. The molecule has 0 bridgehead atoms. The van der Waals surface area contributed by atoms with Gasteiger partial charge in [-0.2, -0.15) is 0 Å². The van der Waals surface area contributed by atoms with Crippen LogP contribution in [0.15, 0.2) is 42.5 Å². The molecule has 0 amide bonds. The van der Waals surface area contributed by atoms with E-state index in [-0.39, 0.29) is 17.1 Å². The zero-order valence-electron chi connectivity index (χ0n) is 13.3. The number of carbonyl (C=O) groups is 1. The number of hydrogen-bond donors (Lipinski definition) is 1. The number of nitrogens with zero attached hydrogens (tertiary/aromatic N) is 1. The Balaban J connectivity index is 2.04. The summed E-state index contributed by atoms with van der Waals surface area (Å²) in [4.78, 5) is 16.1. The summed E-state index contributed by atoms with van der Waals surface area (Å²) in [7, 11) is 1.26. The first kappa shape index (κ1) is 15.9. The van der Waals surface area contributed by atoms with E-state index >= 15 is 0 Å². The fraction of sp³-hybridized carbons (Fsp3) is 0.158. The van der Waals surface area contributed by atoms with Crippen LogP contribution in [0.4, 0.5) is 4.39 Å². The summed E-state index contributed by atoms with van der Waals surface area (Å²) in [6.07, 6.45) is 0.606. The average Bonchev–Trinajstić information content (AvgIpc) is 2.58. The van der Waals surface area contributed by atoms with Gasteiger partial charge >= 0.3 is 5.97 Å². The van der Waals surface area contributed by atoms with Crippen LogP contribution in [0.1, 0.15) is 27.2 Å². The quantitative estimate of drug-likeness (QED) is 0.745. The molecule has 24 heavy (non-hydrogen) atoms. The lowest BCUT2D eigenvalue weighted by Crippen LogP contribution is -2.03. The van der Waals surface area contributed by atoms with Crippen LogP contribution in [0.5, 0.6) is 5.75 Å². The number of carbonyl (C=O) groups excluding carboxylic acids is 1. The van der Waals surface area contributed by atoms with Crippen molar-refractivity contribution in [3.05, 3.63) is 70.7 Å². The molecule has 0 spiro atoms. The molecular weight excluding hydrogens is 309 g/mol. The zero-order valence-corrected chi connectivity index (χ0v) is 13.3. The van der Waals surface area contributed by atoms with Crippen molar-refractivity contribution in [3.63, 3.8) is 0 Å². The highest BCUT2D eigenvalue weighted by Gasteiger charge is 2.16. The van der Waals surface area contributed by atoms with Crippen molar-refractivity contribution < 1.29 is 19.0 Å². The van der Waals surface area contributed by atoms with Gasteiger partial charge in [-0.05, 0) is 48.7 Å². The molecule has 0 unspecified atom stereocenters. The molecule has 3 rings (SSSR count). The first-order valence-electron chi connectivity index (χ1n) is 7.44. The van der Waals surface area contributed by atoms with E-state index in [1.54, 1.807) is 18.2 Å². The van der Waals surface area contributed by atoms with Gasteiger partial charge in [-0.15, -0.1) is 0 Å². The summed E-state index contributed by atoms with van der Waals surface area (Å²) in [6, 6.07) is 11.5. The number of aryl methyl sites for hydroxylation is 1. The lowest BCUT2D eigenvalue weighted by Gasteiger charge is -2.10. The molecule has 2 aromatic carbocycles. The highest BCUT2D eigenvalue weighted by atomic mass is 19.1. The molecule has 1 aromatic heterocycles. The van der Waals surface area contributed by atoms with Crippen LogP contribution in [0, 0.1) is 12.7 Å². The summed E-state index contributed by atoms with van der Waals surface area (Å²) in [5, 5.41) is 11.0. The van der Waals surface area contributed by atoms with Crippen molar-refractivity contribution in [2.24, 2.45) is 0 Å². The van der Waals surface area contributed by atoms with Crippen molar-refractivity contribution >= 4 is 16.9 Å². The molecule has 3 aromatic rings. The van der Waals surface area contributed by atoms with E-state index in [1.165, 1.54) is 25.3 Å². The fourth-order valence-corrected chi connectivity index (χ4v) is 2.64. The molecule has 0 fully saturated rings. The maximum atomic E-state index is 13.0. The molecule has 1 N–H and O–H groups in total. The van der Waals surface area contributed by atoms with Gasteiger partial charge in [-0.25, -0.2) is 14.2 Å². The Labute approximate surface area is 138 Å². The number of pyridine rings is 1. The monoisotopic (exact) mass is 325 g/mol. The predicted octanol–water partition coefficient (Wildman–Crippen LogP) is 3.77. The van der Waals surface area contributed by atoms with Crippen molar-refractivity contribution in [2.75, 3.05) is 7.11 Å². The Kier molecular flexibility index (Phi) is 4.16. The molecule has 0 aliphatic carbocycles. The van der Waals surface area contributed by atoms with Gasteiger partial charge in [0, 0.05) is 11.1 Å². The Morgan fingerprint density at radius 2 is 1.92 bits per heavy atom. The number of benzene rings is 2. The van der Waals surface area contributed by atoms with Crippen LogP contribution >= 0.6 is 0 Å². The van der Waals surface area contributed by atoms with Gasteiger partial charge in [0.2, 0.25) is 0 Å². The first-order valence-corrected chi connectivity index (χ1v) is 7.44. The van der Waals surface area contributed by atoms with Gasteiger partial charge in [0.15, 0.2) is 5.75 Å². The Bertz CT molecular complexity index is 920. The molecule has 4 nitrogen and oxygen atoms in total. The highest BCUT2D eigenvalue weighted by molar-refractivity contribution is 5.99. The summed E-state index contributed by atoms with van der Waals surface area (Å²) in [6.45, 7) is 1.84. The summed E-state index contributed by atoms with van der Waals surface area (Å²) < 4.78 is 17.7. The number of halogens is 1. The number of esters is 1. The number of hydrogen-bond acceptors (Lipinski definition) is 4. The minimum absolute atomic E-state index is 0.0863. The van der Waals surface area contributed by atoms with Crippen LogP contribution in [0.25, 0.3) is 10.9 Å². The maximum Gasteiger partial charge on any atom is 0.341 e. The van der Waals surface area contributed by atoms with Crippen LogP contribution in [0.2, 0.25) is 0 Å². The predicted molar refractivity (Wildman–Crippen MR) is 88.7 cm³/mol. The topological polar surface area (TPSA) is 59.4 Å². The smallest absolute Gasteiger partial charge is 0.341 e. The van der Waals surface area contributed by atoms with Crippen LogP contribution in [0.3, 0.4) is 0 Å². The largest absolute Gasteiger partial charge is 0.505 e. The van der Waals surface area contributed by atoms with Crippen molar-refractivity contribution in [2.45, 2.75) is 13.3 Å². The number of ether oxygens (including phenoxy) is 1. The van der Waals surface area contributed by atoms with Crippen molar-refractivity contribution in [3.8, 4) is 5.75 Å². The number of phenols is 1. The van der Waals surface area contributed by atoms with Gasteiger partial charge in [0.05, 0.1) is 7.11 Å². The van der Waals surface area contributed by atoms with Gasteiger partial charge in [0.25, 0.3) is 0 Å². The van der Waals surface area contributed by atoms with Crippen LogP contribution < -0.4 is 0 Å². The third kappa shape index (κ3) is 2.93. The number of rotatable bonds is 3. The maximum absolute atomic E-state index is 13.0. The van der Waals surface area contributed by atoms with Crippen molar-refractivity contribution in [1.29, 1.82) is 0 Å². The van der Waals surface area contributed by atoms with Crippen LogP contribution in [-0.2, 0) is 11.2 Å². The molecule has 0 aliphatic heterocycles. The molecule has 0 saturated carbocycles. The Hall–Kier alpha value is -2.95. The zero-order chi connectivity index (χ0) is 17.3. The molecule has 1 heterocycles. The van der Waals surface area contributed by atoms with E-state index in [1.807, 2.05) is 13.0 Å². The second-order valence-corrected chi connectivity index (χ2v) is 5.56. The van der Waals surface area contributed by atoms with Crippen molar-refractivity contribution in [1.82, 2.24) is 4.98 Å². The van der Waals surface area contributed by atoms with E-state index in [2.05, 4.69) is 9.72 Å². The minimum atomic E-state index is -0.607. The van der Waals surface area contributed by atoms with E-state index < -0.39 is 5.97 Å². The molecule has 0 atom stereocenters. The first-order chi connectivity index (χ1) is 11.5. The molecule has 122 valence electrons. The van der Waals surface area contributed by atoms with E-state index in [0.29, 0.717) is 11.9 Å². The minimum Gasteiger partial charge on any atom is -0.505 e. The number of methoxy groups -OCH3 is 1. The van der Waals surface area contributed by atoms with E-state index in [0.717, 1.165) is 22.2 Å². The number of aromatic hydroxyl groups is 1. The third-order valence-corrected chi connectivity index (χ3v) is 3.97. The number of phenolic OH excluding ortho intramolecular Hbond substituents is 1. The van der Waals surface area contributed by atoms with E-state index in [9.17, 15) is 14.3 Å². The Morgan fingerprint density at radius 3 is 2.58 bits per heavy atom. The summed E-state index contributed by atoms with van der Waals surface area (Å²) >= 11 is 0. The Morgan fingerprint density at radius 1 is 1.21 bits per heavy atom. The van der Waals surface area contributed by atoms with Gasteiger partial charge in [0.1, 0.15) is 16.9 Å². The molecule has 0 radical (unpaired) electrons. The molecular formula is C19H16FNO3. The molecule has 0 aliphatic rings. The van der Waals surface area contributed by atoms with E-state index in [4.69, 9.17) is 0 Å².